The van der Waals surface area contributed by atoms with Crippen molar-refractivity contribution >= 4 is 5.91 Å². The van der Waals surface area contributed by atoms with E-state index in [1.54, 1.807) is 13.3 Å². The predicted molar refractivity (Wildman–Crippen MR) is 77.5 cm³/mol. The van der Waals surface area contributed by atoms with Gasteiger partial charge in [0.2, 0.25) is 11.8 Å². The summed E-state index contributed by atoms with van der Waals surface area (Å²) in [6.45, 7) is 2.86. The largest absolute Gasteiger partial charge is 0.481 e. The fourth-order valence-electron chi connectivity index (χ4n) is 2.42. The molecule has 1 N–H and O–H groups in total. The van der Waals surface area contributed by atoms with Crippen LogP contribution < -0.4 is 10.1 Å². The van der Waals surface area contributed by atoms with Crippen LogP contribution >= 0.6 is 0 Å². The van der Waals surface area contributed by atoms with E-state index in [-0.39, 0.29) is 5.91 Å². The fourth-order valence-corrected chi connectivity index (χ4v) is 2.42. The smallest absolute Gasteiger partial charge is 0.236 e. The minimum atomic E-state index is 0.202. The third-order valence-electron chi connectivity index (χ3n) is 3.57. The van der Waals surface area contributed by atoms with Gasteiger partial charge in [-0.2, -0.15) is 0 Å². The fraction of sp³-hybridized carbons (Fsp3) is 0.600. The molecule has 1 fully saturated rings. The van der Waals surface area contributed by atoms with Gasteiger partial charge in [0.05, 0.1) is 13.7 Å². The average molecular weight is 277 g/mol. The van der Waals surface area contributed by atoms with Gasteiger partial charge in [0.1, 0.15) is 0 Å². The van der Waals surface area contributed by atoms with Gasteiger partial charge in [0, 0.05) is 31.9 Å². The molecule has 5 nitrogen and oxygen atoms in total. The molecule has 110 valence electrons. The molecule has 0 spiro atoms. The molecule has 1 saturated heterocycles. The van der Waals surface area contributed by atoms with Crippen LogP contribution in [0.1, 0.15) is 31.2 Å². The SMILES string of the molecule is COc1cc(CNCC(=O)N2CCCCCC2)ccn1. The highest BCUT2D eigenvalue weighted by Gasteiger charge is 2.14. The van der Waals surface area contributed by atoms with Gasteiger partial charge in [-0.25, -0.2) is 4.98 Å². The van der Waals surface area contributed by atoms with Crippen molar-refractivity contribution in [3.63, 3.8) is 0 Å². The van der Waals surface area contributed by atoms with E-state index in [0.29, 0.717) is 19.0 Å². The molecule has 0 atom stereocenters. The van der Waals surface area contributed by atoms with Crippen LogP contribution in [0.4, 0.5) is 0 Å². The molecule has 0 bridgehead atoms. The van der Waals surface area contributed by atoms with Gasteiger partial charge in [-0.1, -0.05) is 12.8 Å². The number of rotatable bonds is 5. The van der Waals surface area contributed by atoms with Crippen LogP contribution in [0.5, 0.6) is 5.88 Å². The Balaban J connectivity index is 1.75. The number of carbonyl (C=O) groups excluding carboxylic acids is 1. The van der Waals surface area contributed by atoms with Crippen molar-refractivity contribution in [3.05, 3.63) is 23.9 Å². The van der Waals surface area contributed by atoms with Gasteiger partial charge in [0.15, 0.2) is 0 Å². The van der Waals surface area contributed by atoms with Crippen LogP contribution in [-0.4, -0.2) is 42.5 Å². The maximum absolute atomic E-state index is 12.1. The first kappa shape index (κ1) is 14.8. The van der Waals surface area contributed by atoms with Crippen molar-refractivity contribution in [2.24, 2.45) is 0 Å². The van der Waals surface area contributed by atoms with Crippen LogP contribution in [0.2, 0.25) is 0 Å². The Labute approximate surface area is 120 Å². The van der Waals surface area contributed by atoms with E-state index in [1.165, 1.54) is 12.8 Å². The van der Waals surface area contributed by atoms with E-state index >= 15 is 0 Å². The molecular weight excluding hydrogens is 254 g/mol. The minimum Gasteiger partial charge on any atom is -0.481 e. The lowest BCUT2D eigenvalue weighted by Crippen LogP contribution is -2.38. The van der Waals surface area contributed by atoms with Crippen LogP contribution in [0, 0.1) is 0 Å². The Kier molecular flexibility index (Phi) is 5.80. The molecule has 1 amide bonds. The summed E-state index contributed by atoms with van der Waals surface area (Å²) in [5, 5.41) is 3.20. The Bertz CT molecular complexity index is 429. The highest BCUT2D eigenvalue weighted by Crippen LogP contribution is 2.10. The van der Waals surface area contributed by atoms with Crippen molar-refractivity contribution in [1.82, 2.24) is 15.2 Å². The van der Waals surface area contributed by atoms with Gasteiger partial charge in [0.25, 0.3) is 0 Å². The Morgan fingerprint density at radius 3 is 2.80 bits per heavy atom. The maximum Gasteiger partial charge on any atom is 0.236 e. The van der Waals surface area contributed by atoms with Crippen LogP contribution in [0.3, 0.4) is 0 Å². The second-order valence-corrected chi connectivity index (χ2v) is 5.11. The van der Waals surface area contributed by atoms with Crippen molar-refractivity contribution in [2.45, 2.75) is 32.2 Å². The van der Waals surface area contributed by atoms with Crippen molar-refractivity contribution in [3.8, 4) is 5.88 Å². The number of likely N-dealkylation sites (tertiary alicyclic amines) is 1. The predicted octanol–water partition coefficient (Wildman–Crippen LogP) is 1.58. The normalized spacial score (nSPS) is 15.8. The molecule has 2 rings (SSSR count). The highest BCUT2D eigenvalue weighted by atomic mass is 16.5. The van der Waals surface area contributed by atoms with Gasteiger partial charge >= 0.3 is 0 Å². The summed E-state index contributed by atoms with van der Waals surface area (Å²) in [6.07, 6.45) is 6.47. The molecule has 1 aliphatic rings. The van der Waals surface area contributed by atoms with E-state index in [4.69, 9.17) is 4.74 Å². The summed E-state index contributed by atoms with van der Waals surface area (Å²) in [6, 6.07) is 3.80. The molecule has 1 aromatic heterocycles. The lowest BCUT2D eigenvalue weighted by molar-refractivity contribution is -0.130. The summed E-state index contributed by atoms with van der Waals surface area (Å²) in [7, 11) is 1.60. The molecule has 1 aromatic rings. The Morgan fingerprint density at radius 2 is 2.10 bits per heavy atom. The third kappa shape index (κ3) is 4.49. The highest BCUT2D eigenvalue weighted by molar-refractivity contribution is 5.78. The zero-order valence-electron chi connectivity index (χ0n) is 12.1. The lowest BCUT2D eigenvalue weighted by atomic mass is 10.2. The summed E-state index contributed by atoms with van der Waals surface area (Å²) < 4.78 is 5.08. The molecule has 1 aliphatic heterocycles. The van der Waals surface area contributed by atoms with Crippen molar-refractivity contribution < 1.29 is 9.53 Å². The molecule has 0 saturated carbocycles. The molecule has 0 unspecified atom stereocenters. The summed E-state index contributed by atoms with van der Waals surface area (Å²) in [5.74, 6) is 0.802. The number of nitrogens with zero attached hydrogens (tertiary/aromatic N) is 2. The molecule has 0 radical (unpaired) electrons. The van der Waals surface area contributed by atoms with Gasteiger partial charge in [-0.15, -0.1) is 0 Å². The molecule has 20 heavy (non-hydrogen) atoms. The number of hydrogen-bond donors (Lipinski definition) is 1. The summed E-state index contributed by atoms with van der Waals surface area (Å²) in [4.78, 5) is 18.1. The standard InChI is InChI=1S/C15H23N3O2/c1-20-14-10-13(6-7-17-14)11-16-12-15(19)18-8-4-2-3-5-9-18/h6-7,10,16H,2-5,8-9,11-12H2,1H3. The molecular formula is C15H23N3O2. The number of pyridine rings is 1. The Morgan fingerprint density at radius 1 is 1.35 bits per heavy atom. The lowest BCUT2D eigenvalue weighted by Gasteiger charge is -2.20. The third-order valence-corrected chi connectivity index (χ3v) is 3.57. The molecule has 2 heterocycles. The maximum atomic E-state index is 12.1. The van der Waals surface area contributed by atoms with E-state index < -0.39 is 0 Å². The van der Waals surface area contributed by atoms with Gasteiger partial charge in [-0.05, 0) is 24.5 Å². The van der Waals surface area contributed by atoms with Crippen LogP contribution in [-0.2, 0) is 11.3 Å². The van der Waals surface area contributed by atoms with Crippen molar-refractivity contribution in [1.29, 1.82) is 0 Å². The number of methoxy groups -OCH3 is 1. The topological polar surface area (TPSA) is 54.5 Å². The number of ether oxygens (including phenoxy) is 1. The minimum absolute atomic E-state index is 0.202. The Hall–Kier alpha value is -1.62. The number of amides is 1. The quantitative estimate of drug-likeness (QED) is 0.888. The monoisotopic (exact) mass is 277 g/mol. The first-order chi connectivity index (χ1) is 9.79. The van der Waals surface area contributed by atoms with E-state index in [0.717, 1.165) is 31.5 Å². The van der Waals surface area contributed by atoms with Crippen molar-refractivity contribution in [2.75, 3.05) is 26.7 Å². The zero-order chi connectivity index (χ0) is 14.2. The molecule has 0 aromatic carbocycles. The second kappa shape index (κ2) is 7.85. The summed E-state index contributed by atoms with van der Waals surface area (Å²) in [5.41, 5.74) is 1.07. The van der Waals surface area contributed by atoms with Crippen LogP contribution in [0.25, 0.3) is 0 Å². The van der Waals surface area contributed by atoms with E-state index in [2.05, 4.69) is 10.3 Å². The van der Waals surface area contributed by atoms with E-state index in [9.17, 15) is 4.79 Å². The van der Waals surface area contributed by atoms with Crippen LogP contribution in [0.15, 0.2) is 18.3 Å². The molecule has 5 heteroatoms. The van der Waals surface area contributed by atoms with Gasteiger partial charge in [-0.3, -0.25) is 4.79 Å². The summed E-state index contributed by atoms with van der Waals surface area (Å²) >= 11 is 0. The average Bonchev–Trinajstić information content (AvgIpc) is 2.76. The van der Waals surface area contributed by atoms with E-state index in [1.807, 2.05) is 17.0 Å². The number of nitrogens with one attached hydrogen (secondary N) is 1. The number of carbonyl (C=O) groups is 1. The first-order valence-electron chi connectivity index (χ1n) is 7.27. The first-order valence-corrected chi connectivity index (χ1v) is 7.27. The number of hydrogen-bond acceptors (Lipinski definition) is 4. The molecule has 0 aliphatic carbocycles. The second-order valence-electron chi connectivity index (χ2n) is 5.11. The number of aromatic nitrogens is 1. The van der Waals surface area contributed by atoms with Gasteiger partial charge < -0.3 is 15.0 Å². The zero-order valence-corrected chi connectivity index (χ0v) is 12.1.